The average Bonchev–Trinajstić information content (AvgIpc) is 2.99. The predicted molar refractivity (Wildman–Crippen MR) is 158 cm³/mol. The third-order valence-corrected chi connectivity index (χ3v) is 8.54. The van der Waals surface area contributed by atoms with Crippen LogP contribution in [0.5, 0.6) is 0 Å². The number of hydrogen-bond acceptors (Lipinski definition) is 5. The summed E-state index contributed by atoms with van der Waals surface area (Å²) in [5, 5.41) is 15.3. The second kappa shape index (κ2) is 12.7. The van der Waals surface area contributed by atoms with Gasteiger partial charge in [0.05, 0.1) is 17.6 Å². The van der Waals surface area contributed by atoms with E-state index in [1.165, 1.54) is 36.5 Å². The van der Waals surface area contributed by atoms with E-state index in [4.69, 9.17) is 11.6 Å². The molecule has 8 nitrogen and oxygen atoms in total. The van der Waals surface area contributed by atoms with Gasteiger partial charge < -0.3 is 10.6 Å². The number of nitrogens with zero attached hydrogens (tertiary/aromatic N) is 3. The van der Waals surface area contributed by atoms with E-state index in [1.54, 1.807) is 24.3 Å². The third kappa shape index (κ3) is 6.26. The predicted octanol–water partition coefficient (Wildman–Crippen LogP) is 6.12. The van der Waals surface area contributed by atoms with Crippen molar-refractivity contribution in [1.29, 1.82) is 5.26 Å². The monoisotopic (exact) mass is 623 g/mol. The van der Waals surface area contributed by atoms with Crippen LogP contribution in [-0.2, 0) is 14.4 Å². The highest BCUT2D eigenvalue weighted by Gasteiger charge is 2.58. The van der Waals surface area contributed by atoms with Gasteiger partial charge in [0.25, 0.3) is 5.91 Å². The van der Waals surface area contributed by atoms with Crippen LogP contribution in [0.2, 0.25) is 5.02 Å². The van der Waals surface area contributed by atoms with Gasteiger partial charge in [0.15, 0.2) is 0 Å². The molecule has 5 rings (SSSR count). The minimum absolute atomic E-state index is 0.0159. The van der Waals surface area contributed by atoms with E-state index in [-0.39, 0.29) is 59.8 Å². The van der Waals surface area contributed by atoms with E-state index in [1.807, 2.05) is 6.07 Å². The van der Waals surface area contributed by atoms with E-state index in [2.05, 4.69) is 15.6 Å². The Morgan fingerprint density at radius 1 is 1.07 bits per heavy atom. The largest absolute Gasteiger partial charge is 0.353 e. The zero-order valence-electron chi connectivity index (χ0n) is 23.5. The number of halogens is 4. The van der Waals surface area contributed by atoms with Crippen molar-refractivity contribution >= 4 is 40.8 Å². The molecule has 12 heteroatoms. The molecule has 3 amide bonds. The molecule has 1 saturated carbocycles. The van der Waals surface area contributed by atoms with Gasteiger partial charge in [-0.15, -0.1) is 0 Å². The number of aromatic nitrogens is 1. The molecule has 1 saturated heterocycles. The van der Waals surface area contributed by atoms with E-state index in [9.17, 15) is 32.8 Å². The van der Waals surface area contributed by atoms with Crippen molar-refractivity contribution in [3.05, 3.63) is 88.8 Å². The maximum absolute atomic E-state index is 14.6. The molecule has 1 unspecified atom stereocenters. The van der Waals surface area contributed by atoms with Crippen LogP contribution in [0.1, 0.15) is 62.0 Å². The van der Waals surface area contributed by atoms with Gasteiger partial charge in [-0.3, -0.25) is 19.3 Å². The molecule has 0 radical (unpaired) electrons. The molecule has 1 aliphatic heterocycles. The summed E-state index contributed by atoms with van der Waals surface area (Å²) in [5.41, 5.74) is -1.55. The summed E-state index contributed by atoms with van der Waals surface area (Å²) in [7, 11) is 0. The van der Waals surface area contributed by atoms with Crippen molar-refractivity contribution in [1.82, 2.24) is 10.3 Å². The lowest BCUT2D eigenvalue weighted by Crippen LogP contribution is -2.67. The molecule has 2 heterocycles. The number of nitrogens with one attached hydrogen (secondary N) is 2. The minimum atomic E-state index is -2.83. The Morgan fingerprint density at radius 3 is 2.52 bits per heavy atom. The highest BCUT2D eigenvalue weighted by Crippen LogP contribution is 2.46. The lowest BCUT2D eigenvalue weighted by molar-refractivity contribution is -0.136. The SMILES string of the molecule is N#Cc1ccnc(N2C(=O)CCCC2(C(=O)Nc2cccc(F)c2)[C@@H](C(=O)NC2CCC(F)(F)CC2)c2ccccc2Cl)c1. The van der Waals surface area contributed by atoms with Gasteiger partial charge in [0.2, 0.25) is 17.7 Å². The Bertz CT molecular complexity index is 1620. The summed E-state index contributed by atoms with van der Waals surface area (Å²) in [6, 6.07) is 15.7. The second-order valence-electron chi connectivity index (χ2n) is 11.1. The topological polar surface area (TPSA) is 115 Å². The number of nitriles is 1. The Morgan fingerprint density at radius 2 is 1.82 bits per heavy atom. The fourth-order valence-electron chi connectivity index (χ4n) is 6.12. The quantitative estimate of drug-likeness (QED) is 0.329. The number of carbonyl (C=O) groups is 3. The number of carbonyl (C=O) groups excluding carboxylic acids is 3. The van der Waals surface area contributed by atoms with Gasteiger partial charge in [-0.1, -0.05) is 35.9 Å². The number of anilines is 2. The standard InChI is InChI=1S/C32H29ClF3N5O3/c33-25-8-2-1-7-24(25)28(29(43)39-22-10-14-31(35,36)15-11-22)32(30(44)40-23-6-3-5-21(34)18-23)13-4-9-27(42)41(32)26-17-20(19-37)12-16-38-26/h1-3,5-8,12,16-18,22,28H,4,9-11,13-15H2,(H,39,43)(H,40,44)/t28-,32?/m1/s1. The number of amides is 3. The Hall–Kier alpha value is -4.43. The van der Waals surface area contributed by atoms with Crippen molar-refractivity contribution in [2.75, 3.05) is 10.2 Å². The molecular formula is C32H29ClF3N5O3. The molecule has 3 aromatic rings. The number of piperidine rings is 1. The first-order chi connectivity index (χ1) is 21.0. The van der Waals surface area contributed by atoms with Crippen molar-refractivity contribution < 1.29 is 27.6 Å². The van der Waals surface area contributed by atoms with E-state index in [0.717, 1.165) is 11.0 Å². The summed E-state index contributed by atoms with van der Waals surface area (Å²) in [4.78, 5) is 48.4. The van der Waals surface area contributed by atoms with Gasteiger partial charge in [-0.05, 0) is 67.6 Å². The molecule has 2 aliphatic rings. The Labute approximate surface area is 257 Å². The molecule has 1 aliphatic carbocycles. The van der Waals surface area contributed by atoms with Crippen LogP contribution in [0.25, 0.3) is 0 Å². The van der Waals surface area contributed by atoms with Crippen LogP contribution in [0.3, 0.4) is 0 Å². The van der Waals surface area contributed by atoms with Crippen molar-refractivity contribution in [2.24, 2.45) is 0 Å². The number of alkyl halides is 2. The van der Waals surface area contributed by atoms with Gasteiger partial charge in [-0.2, -0.15) is 5.26 Å². The molecule has 44 heavy (non-hydrogen) atoms. The maximum atomic E-state index is 14.6. The first-order valence-electron chi connectivity index (χ1n) is 14.2. The summed E-state index contributed by atoms with van der Waals surface area (Å²) >= 11 is 6.67. The van der Waals surface area contributed by atoms with Crippen LogP contribution < -0.4 is 15.5 Å². The molecule has 2 aromatic carbocycles. The number of benzene rings is 2. The Kier molecular flexibility index (Phi) is 8.92. The molecule has 228 valence electrons. The lowest BCUT2D eigenvalue weighted by Gasteiger charge is -2.49. The smallest absolute Gasteiger partial charge is 0.251 e. The van der Waals surface area contributed by atoms with Gasteiger partial charge in [0, 0.05) is 42.2 Å². The maximum Gasteiger partial charge on any atom is 0.251 e. The molecule has 2 atom stereocenters. The lowest BCUT2D eigenvalue weighted by atomic mass is 9.70. The Balaban J connectivity index is 1.70. The number of hydrogen-bond donors (Lipinski definition) is 2. The zero-order chi connectivity index (χ0) is 31.5. The van der Waals surface area contributed by atoms with Gasteiger partial charge >= 0.3 is 0 Å². The van der Waals surface area contributed by atoms with Crippen LogP contribution >= 0.6 is 11.6 Å². The fourth-order valence-corrected chi connectivity index (χ4v) is 6.36. The number of pyridine rings is 1. The summed E-state index contributed by atoms with van der Waals surface area (Å²) in [6.45, 7) is 0. The molecule has 0 bridgehead atoms. The van der Waals surface area contributed by atoms with Gasteiger partial charge in [-0.25, -0.2) is 18.2 Å². The first-order valence-corrected chi connectivity index (χ1v) is 14.6. The highest BCUT2D eigenvalue weighted by atomic mass is 35.5. The van der Waals surface area contributed by atoms with Crippen LogP contribution in [-0.4, -0.2) is 40.2 Å². The molecule has 2 fully saturated rings. The summed E-state index contributed by atoms with van der Waals surface area (Å²) in [5.74, 6) is -6.98. The van der Waals surface area contributed by atoms with Crippen LogP contribution in [0, 0.1) is 17.1 Å². The average molecular weight is 624 g/mol. The summed E-state index contributed by atoms with van der Waals surface area (Å²) < 4.78 is 42.1. The van der Waals surface area contributed by atoms with E-state index in [0.29, 0.717) is 0 Å². The first kappa shape index (κ1) is 31.0. The zero-order valence-corrected chi connectivity index (χ0v) is 24.3. The van der Waals surface area contributed by atoms with Gasteiger partial charge in [0.1, 0.15) is 17.2 Å². The van der Waals surface area contributed by atoms with E-state index >= 15 is 0 Å². The normalized spacial score (nSPS) is 20.8. The second-order valence-corrected chi connectivity index (χ2v) is 11.5. The van der Waals surface area contributed by atoms with Crippen LogP contribution in [0.15, 0.2) is 66.9 Å². The van der Waals surface area contributed by atoms with E-state index < -0.39 is 59.8 Å². The highest BCUT2D eigenvalue weighted by molar-refractivity contribution is 6.32. The van der Waals surface area contributed by atoms with Crippen molar-refractivity contribution in [2.45, 2.75) is 68.4 Å². The van der Waals surface area contributed by atoms with Crippen LogP contribution in [0.4, 0.5) is 24.7 Å². The minimum Gasteiger partial charge on any atom is -0.353 e. The molecule has 2 N–H and O–H groups in total. The van der Waals surface area contributed by atoms with Crippen molar-refractivity contribution in [3.63, 3.8) is 0 Å². The molecule has 1 aromatic heterocycles. The third-order valence-electron chi connectivity index (χ3n) is 8.20. The molecule has 0 spiro atoms. The fraction of sp³-hybridized carbons (Fsp3) is 0.344. The summed E-state index contributed by atoms with van der Waals surface area (Å²) in [6.07, 6.45) is 0.721. The van der Waals surface area contributed by atoms with Crippen molar-refractivity contribution in [3.8, 4) is 6.07 Å². The number of rotatable bonds is 7. The molecular weight excluding hydrogens is 595 g/mol.